The van der Waals surface area contributed by atoms with Crippen molar-refractivity contribution in [1.29, 1.82) is 0 Å². The van der Waals surface area contributed by atoms with Crippen LogP contribution in [0.1, 0.15) is 50.3 Å². The van der Waals surface area contributed by atoms with Crippen molar-refractivity contribution in [2.45, 2.75) is 39.2 Å². The maximum absolute atomic E-state index is 13.7. The first-order valence-electron chi connectivity index (χ1n) is 12.6. The van der Waals surface area contributed by atoms with Gasteiger partial charge in [0.2, 0.25) is 0 Å². The second-order valence-electron chi connectivity index (χ2n) is 8.94. The Bertz CT molecular complexity index is 1580. The van der Waals surface area contributed by atoms with E-state index in [9.17, 15) is 19.7 Å². The highest BCUT2D eigenvalue weighted by Gasteiger charge is 2.33. The van der Waals surface area contributed by atoms with Crippen molar-refractivity contribution < 1.29 is 19.2 Å². The Kier molecular flexibility index (Phi) is 8.88. The van der Waals surface area contributed by atoms with E-state index in [1.54, 1.807) is 25.1 Å². The normalized spacial score (nSPS) is 14.9. The summed E-state index contributed by atoms with van der Waals surface area (Å²) in [5.41, 5.74) is 1.69. The summed E-state index contributed by atoms with van der Waals surface area (Å²) in [4.78, 5) is 42.4. The van der Waals surface area contributed by atoms with Crippen LogP contribution in [0.4, 0.5) is 5.69 Å². The number of carbonyl (C=O) groups excluding carboxylic acids is 1. The van der Waals surface area contributed by atoms with Gasteiger partial charge in [0.05, 0.1) is 33.4 Å². The molecule has 0 aliphatic carbocycles. The van der Waals surface area contributed by atoms with E-state index in [-0.39, 0.29) is 23.4 Å². The minimum Gasteiger partial charge on any atom is -0.494 e. The minimum absolute atomic E-state index is 0.0252. The van der Waals surface area contributed by atoms with E-state index in [0.717, 1.165) is 19.3 Å². The third-order valence-electron chi connectivity index (χ3n) is 6.19. The van der Waals surface area contributed by atoms with Gasteiger partial charge in [-0.2, -0.15) is 0 Å². The van der Waals surface area contributed by atoms with Crippen molar-refractivity contribution in [3.8, 4) is 5.75 Å². The van der Waals surface area contributed by atoms with Gasteiger partial charge in [0, 0.05) is 12.1 Å². The lowest BCUT2D eigenvalue weighted by molar-refractivity contribution is -0.384. The summed E-state index contributed by atoms with van der Waals surface area (Å²) < 4.78 is 13.1. The lowest BCUT2D eigenvalue weighted by atomic mass is 9.96. The van der Waals surface area contributed by atoms with E-state index in [2.05, 4.69) is 18.5 Å². The van der Waals surface area contributed by atoms with Crippen molar-refractivity contribution in [2.24, 2.45) is 4.99 Å². The van der Waals surface area contributed by atoms with Gasteiger partial charge in [-0.05, 0) is 54.8 Å². The van der Waals surface area contributed by atoms with E-state index in [0.29, 0.717) is 38.5 Å². The number of hydrogen-bond donors (Lipinski definition) is 0. The van der Waals surface area contributed by atoms with Crippen molar-refractivity contribution >= 4 is 29.1 Å². The van der Waals surface area contributed by atoms with Crippen molar-refractivity contribution in [2.75, 3.05) is 13.2 Å². The van der Waals surface area contributed by atoms with Crippen LogP contribution in [0.2, 0.25) is 0 Å². The molecule has 2 aromatic carbocycles. The predicted octanol–water partition coefficient (Wildman–Crippen LogP) is 4.44. The van der Waals surface area contributed by atoms with Crippen LogP contribution in [0.25, 0.3) is 6.08 Å². The molecule has 10 heteroatoms. The molecule has 1 aliphatic rings. The fourth-order valence-corrected chi connectivity index (χ4v) is 5.29. The number of aromatic nitrogens is 1. The molecule has 9 nitrogen and oxygen atoms in total. The van der Waals surface area contributed by atoms with Gasteiger partial charge in [-0.3, -0.25) is 19.5 Å². The van der Waals surface area contributed by atoms with Crippen molar-refractivity contribution in [1.82, 2.24) is 4.57 Å². The number of non-ortho nitro benzene ring substituents is 1. The molecular formula is C29H29N3O6S. The molecule has 0 saturated carbocycles. The number of unbranched alkanes of at least 4 members (excludes halogenated alkanes) is 2. The summed E-state index contributed by atoms with van der Waals surface area (Å²) in [6, 6.07) is 12.5. The molecule has 1 unspecified atom stereocenters. The number of fused-ring (bicyclic) bond motifs is 1. The molecule has 2 heterocycles. The number of nitro groups is 1. The van der Waals surface area contributed by atoms with Gasteiger partial charge in [0.15, 0.2) is 4.80 Å². The highest BCUT2D eigenvalue weighted by molar-refractivity contribution is 7.07. The topological polar surface area (TPSA) is 113 Å². The zero-order valence-electron chi connectivity index (χ0n) is 21.8. The molecule has 1 aromatic heterocycles. The molecule has 39 heavy (non-hydrogen) atoms. The van der Waals surface area contributed by atoms with Crippen LogP contribution in [-0.4, -0.2) is 28.7 Å². The summed E-state index contributed by atoms with van der Waals surface area (Å²) in [6.07, 6.45) is 6.30. The molecule has 3 aromatic rings. The third-order valence-corrected chi connectivity index (χ3v) is 7.17. The van der Waals surface area contributed by atoms with Crippen LogP contribution < -0.4 is 19.6 Å². The number of nitro benzene ring substituents is 1. The Hall–Kier alpha value is -4.31. The van der Waals surface area contributed by atoms with Gasteiger partial charge in [-0.1, -0.05) is 55.9 Å². The summed E-state index contributed by atoms with van der Waals surface area (Å²) in [6.45, 7) is 8.09. The molecular weight excluding hydrogens is 518 g/mol. The number of nitrogens with zero attached hydrogens (tertiary/aromatic N) is 3. The SMILES string of the molecule is C=CCOC(=O)C1=C(C)N=c2s/c(=C\c3ccc([N+](=O)[O-])cc3)c(=O)n2C1c1ccc(OCCCCC)cc1. The highest BCUT2D eigenvalue weighted by Crippen LogP contribution is 2.31. The minimum atomic E-state index is -0.758. The maximum atomic E-state index is 13.7. The Labute approximate surface area is 229 Å². The number of benzene rings is 2. The number of carbonyl (C=O) groups is 1. The van der Waals surface area contributed by atoms with E-state index in [4.69, 9.17) is 9.47 Å². The van der Waals surface area contributed by atoms with Gasteiger partial charge in [-0.15, -0.1) is 0 Å². The van der Waals surface area contributed by atoms with E-state index < -0.39 is 16.9 Å². The molecule has 0 amide bonds. The number of allylic oxidation sites excluding steroid dienone is 1. The van der Waals surface area contributed by atoms with E-state index in [1.807, 2.05) is 24.3 Å². The summed E-state index contributed by atoms with van der Waals surface area (Å²) >= 11 is 1.19. The number of thiazole rings is 1. The van der Waals surface area contributed by atoms with Gasteiger partial charge in [0.25, 0.3) is 11.2 Å². The van der Waals surface area contributed by atoms with Gasteiger partial charge in [-0.25, -0.2) is 9.79 Å². The molecule has 0 N–H and O–H groups in total. The number of esters is 1. The van der Waals surface area contributed by atoms with Crippen LogP contribution >= 0.6 is 11.3 Å². The van der Waals surface area contributed by atoms with Crippen molar-refractivity contribution in [3.63, 3.8) is 0 Å². The van der Waals surface area contributed by atoms with Crippen molar-refractivity contribution in [3.05, 3.63) is 113 Å². The zero-order chi connectivity index (χ0) is 27.9. The average molecular weight is 548 g/mol. The Morgan fingerprint density at radius 3 is 2.54 bits per heavy atom. The maximum Gasteiger partial charge on any atom is 0.338 e. The average Bonchev–Trinajstić information content (AvgIpc) is 3.23. The molecule has 0 bridgehead atoms. The molecule has 1 aliphatic heterocycles. The van der Waals surface area contributed by atoms with Gasteiger partial charge < -0.3 is 9.47 Å². The first-order valence-corrected chi connectivity index (χ1v) is 13.4. The predicted molar refractivity (Wildman–Crippen MR) is 149 cm³/mol. The van der Waals surface area contributed by atoms with Crippen LogP contribution in [0.15, 0.2) is 82.2 Å². The monoisotopic (exact) mass is 547 g/mol. The quantitative estimate of drug-likeness (QED) is 0.115. The van der Waals surface area contributed by atoms with Crippen LogP contribution in [0.5, 0.6) is 5.75 Å². The standard InChI is InChI=1S/C29H29N3O6S/c1-4-6-7-17-37-23-14-10-21(11-15-23)26-25(28(34)38-16-5-2)19(3)30-29-31(26)27(33)24(39-29)18-20-8-12-22(13-9-20)32(35)36/h5,8-15,18,26H,2,4,6-7,16-17H2,1,3H3/b24-18-. The van der Waals surface area contributed by atoms with Crippen LogP contribution in [0, 0.1) is 10.1 Å². The number of ether oxygens (including phenoxy) is 2. The molecule has 0 radical (unpaired) electrons. The second kappa shape index (κ2) is 12.5. The first-order chi connectivity index (χ1) is 18.8. The summed E-state index contributed by atoms with van der Waals surface area (Å²) in [7, 11) is 0. The van der Waals surface area contributed by atoms with Gasteiger partial charge in [0.1, 0.15) is 12.4 Å². The summed E-state index contributed by atoms with van der Waals surface area (Å²) in [5.74, 6) is 0.127. The molecule has 0 saturated heterocycles. The Morgan fingerprint density at radius 2 is 1.90 bits per heavy atom. The Balaban J connectivity index is 1.78. The second-order valence-corrected chi connectivity index (χ2v) is 9.95. The fourth-order valence-electron chi connectivity index (χ4n) is 4.24. The molecule has 0 spiro atoms. The van der Waals surface area contributed by atoms with Crippen LogP contribution in [-0.2, 0) is 9.53 Å². The first kappa shape index (κ1) is 27.7. The van der Waals surface area contributed by atoms with Gasteiger partial charge >= 0.3 is 5.97 Å². The van der Waals surface area contributed by atoms with E-state index >= 15 is 0 Å². The lowest BCUT2D eigenvalue weighted by Gasteiger charge is -2.24. The molecule has 0 fully saturated rings. The number of hydrogen-bond acceptors (Lipinski definition) is 8. The zero-order valence-corrected chi connectivity index (χ0v) is 22.6. The smallest absolute Gasteiger partial charge is 0.338 e. The number of rotatable bonds is 11. The van der Waals surface area contributed by atoms with E-state index in [1.165, 1.54) is 34.1 Å². The molecule has 1 atom stereocenters. The highest BCUT2D eigenvalue weighted by atomic mass is 32.1. The van der Waals surface area contributed by atoms with Crippen LogP contribution in [0.3, 0.4) is 0 Å². The summed E-state index contributed by atoms with van der Waals surface area (Å²) in [5, 5.41) is 11.0. The largest absolute Gasteiger partial charge is 0.494 e. The molecule has 202 valence electrons. The Morgan fingerprint density at radius 1 is 1.18 bits per heavy atom. The third kappa shape index (κ3) is 6.23. The fraction of sp³-hybridized carbons (Fsp3) is 0.276. The molecule has 4 rings (SSSR count). The lowest BCUT2D eigenvalue weighted by Crippen LogP contribution is -2.39.